The normalized spacial score (nSPS) is 15.3. The zero-order chi connectivity index (χ0) is 56.5. The van der Waals surface area contributed by atoms with Gasteiger partial charge in [0.2, 0.25) is 0 Å². The summed E-state index contributed by atoms with van der Waals surface area (Å²) in [5, 5.41) is 33.0. The molecule has 9 rings (SSSR count). The Bertz CT molecular complexity index is 2890. The number of hydrogen-bond acceptors (Lipinski definition) is 9. The van der Waals surface area contributed by atoms with Crippen molar-refractivity contribution in [3.8, 4) is 11.5 Å². The molecule has 79 heavy (non-hydrogen) atoms. The van der Waals surface area contributed by atoms with Gasteiger partial charge in [-0.05, 0) is 164 Å². The van der Waals surface area contributed by atoms with Crippen molar-refractivity contribution in [1.29, 1.82) is 0 Å². The van der Waals surface area contributed by atoms with Gasteiger partial charge in [0, 0.05) is 13.1 Å². The monoisotopic (exact) mass is 1090 g/mol. The summed E-state index contributed by atoms with van der Waals surface area (Å²) in [6.45, 7) is 21.5. The fraction of sp³-hybridized carbons (Fsp3) is 0.391. The molecule has 420 valence electrons. The standard InChI is InChI=1S/C31H39NO2.C28H33NO4S.C10H14O/c1-30(2,3)25-15-17-29(18-16-25)34-24-10-21-32-22-19-28(20-23-32)31(33,26-11-6-4-7-12-26)27-13-8-5-9-14-27;1-23-13-15-27(16-14-23)34(31,32)33-22-8-19-29-20-17-26(18-21-29)28(30,24-9-4-2-5-10-24)25-11-6-3-7-12-25;1-10(2,3)8-4-6-9(11)7-5-8/h4-9,11-18,28,33H,10,19-24H2,1-3H3;2-7,9-16,26,30H,8,17-22H2,1H3;4-7,11H,1-3H3. The second kappa shape index (κ2) is 27.9. The molecule has 0 saturated carbocycles. The van der Waals surface area contributed by atoms with E-state index >= 15 is 0 Å². The third-order valence-electron chi connectivity index (χ3n) is 15.7. The van der Waals surface area contributed by atoms with Gasteiger partial charge < -0.3 is 29.9 Å². The van der Waals surface area contributed by atoms with Crippen molar-refractivity contribution in [2.45, 2.75) is 114 Å². The van der Waals surface area contributed by atoms with Crippen molar-refractivity contribution in [3.05, 3.63) is 233 Å². The topological polar surface area (TPSA) is 120 Å². The maximum absolute atomic E-state index is 12.4. The molecule has 0 aliphatic carbocycles. The number of benzene rings is 7. The van der Waals surface area contributed by atoms with Crippen molar-refractivity contribution >= 4 is 10.1 Å². The molecule has 0 aromatic heterocycles. The SMILES string of the molecule is CC(C)(C)c1ccc(O)cc1.CC(C)(C)c1ccc(OCCCN2CCC(C(O)(c3ccccc3)c3ccccc3)CC2)cc1.Cc1ccc(S(=O)(=O)OCCCN2CCC(C(O)(c3ccccc3)c3ccccc3)CC2)cc1. The second-order valence-electron chi connectivity index (χ2n) is 23.4. The summed E-state index contributed by atoms with van der Waals surface area (Å²) in [6.07, 6.45) is 5.33. The van der Waals surface area contributed by atoms with Crippen molar-refractivity contribution in [2.75, 3.05) is 52.5 Å². The zero-order valence-corrected chi connectivity index (χ0v) is 48.6. The van der Waals surface area contributed by atoms with Crippen LogP contribution in [0.3, 0.4) is 0 Å². The van der Waals surface area contributed by atoms with E-state index in [1.54, 1.807) is 36.4 Å². The first-order valence-corrected chi connectivity index (χ1v) is 29.8. The molecule has 0 spiro atoms. The Morgan fingerprint density at radius 1 is 0.456 bits per heavy atom. The summed E-state index contributed by atoms with van der Waals surface area (Å²) in [7, 11) is -3.72. The molecule has 2 heterocycles. The van der Waals surface area contributed by atoms with Crippen LogP contribution in [-0.4, -0.2) is 86.0 Å². The molecule has 0 atom stereocenters. The maximum Gasteiger partial charge on any atom is 0.296 e. The number of piperidine rings is 2. The van der Waals surface area contributed by atoms with Gasteiger partial charge in [0.25, 0.3) is 10.1 Å². The van der Waals surface area contributed by atoms with E-state index in [9.17, 15) is 18.6 Å². The van der Waals surface area contributed by atoms with E-state index in [-0.39, 0.29) is 34.2 Å². The van der Waals surface area contributed by atoms with Crippen LogP contribution in [0.25, 0.3) is 0 Å². The fourth-order valence-electron chi connectivity index (χ4n) is 10.9. The molecule has 10 heteroatoms. The largest absolute Gasteiger partial charge is 0.508 e. The molecule has 0 unspecified atom stereocenters. The fourth-order valence-corrected chi connectivity index (χ4v) is 11.9. The quantitative estimate of drug-likeness (QED) is 0.0605. The van der Waals surface area contributed by atoms with Crippen LogP contribution in [0.1, 0.15) is 119 Å². The summed E-state index contributed by atoms with van der Waals surface area (Å²) in [5.74, 6) is 1.58. The minimum absolute atomic E-state index is 0.103. The Kier molecular flexibility index (Phi) is 21.3. The number of ether oxygens (including phenoxy) is 1. The lowest BCUT2D eigenvalue weighted by molar-refractivity contribution is -0.0147. The van der Waals surface area contributed by atoms with Crippen LogP contribution in [0.2, 0.25) is 0 Å². The van der Waals surface area contributed by atoms with Gasteiger partial charge in [0.15, 0.2) is 0 Å². The molecule has 9 nitrogen and oxygen atoms in total. The first kappa shape index (κ1) is 60.5. The maximum atomic E-state index is 12.4. The van der Waals surface area contributed by atoms with E-state index < -0.39 is 21.3 Å². The number of phenols is 1. The number of aliphatic hydroxyl groups is 2. The summed E-state index contributed by atoms with van der Waals surface area (Å²) < 4.78 is 35.9. The molecule has 0 amide bonds. The number of hydrogen-bond donors (Lipinski definition) is 3. The van der Waals surface area contributed by atoms with Crippen molar-refractivity contribution < 1.29 is 32.7 Å². The van der Waals surface area contributed by atoms with Gasteiger partial charge >= 0.3 is 0 Å². The highest BCUT2D eigenvalue weighted by molar-refractivity contribution is 7.86. The number of aryl methyl sites for hydroxylation is 1. The van der Waals surface area contributed by atoms with Crippen LogP contribution in [0.15, 0.2) is 199 Å². The van der Waals surface area contributed by atoms with Crippen LogP contribution in [-0.2, 0) is 36.3 Å². The summed E-state index contributed by atoms with van der Waals surface area (Å²) >= 11 is 0. The van der Waals surface area contributed by atoms with Gasteiger partial charge in [-0.25, -0.2) is 0 Å². The molecule has 0 radical (unpaired) electrons. The number of phenolic OH excluding ortho intramolecular Hbond substituents is 1. The lowest BCUT2D eigenvalue weighted by Gasteiger charge is -2.42. The number of nitrogens with zero attached hydrogens (tertiary/aromatic N) is 2. The van der Waals surface area contributed by atoms with E-state index in [1.165, 1.54) is 11.1 Å². The number of rotatable bonds is 17. The molecular weight excluding hydrogens is 1000 g/mol. The molecule has 3 N–H and O–H groups in total. The first-order valence-electron chi connectivity index (χ1n) is 28.4. The molecule has 2 aliphatic rings. The predicted molar refractivity (Wildman–Crippen MR) is 321 cm³/mol. The van der Waals surface area contributed by atoms with Crippen molar-refractivity contribution in [3.63, 3.8) is 0 Å². The molecular formula is C69H86N2O7S. The van der Waals surface area contributed by atoms with Gasteiger partial charge in [-0.3, -0.25) is 4.18 Å². The minimum Gasteiger partial charge on any atom is -0.508 e. The first-order chi connectivity index (χ1) is 37.8. The van der Waals surface area contributed by atoms with E-state index in [1.807, 2.05) is 116 Å². The lowest BCUT2D eigenvalue weighted by Crippen LogP contribution is -2.44. The molecule has 2 aliphatic heterocycles. The summed E-state index contributed by atoms with van der Waals surface area (Å²) in [5.41, 5.74) is 5.78. The average molecular weight is 1090 g/mol. The van der Waals surface area contributed by atoms with Gasteiger partial charge in [-0.15, -0.1) is 0 Å². The highest BCUT2D eigenvalue weighted by Gasteiger charge is 2.43. The van der Waals surface area contributed by atoms with Gasteiger partial charge in [-0.1, -0.05) is 205 Å². The Hall–Kier alpha value is -6.11. The second-order valence-corrected chi connectivity index (χ2v) is 25.1. The van der Waals surface area contributed by atoms with Gasteiger partial charge in [0.1, 0.15) is 22.7 Å². The number of aromatic hydroxyl groups is 1. The van der Waals surface area contributed by atoms with E-state index in [4.69, 9.17) is 14.0 Å². The Balaban J connectivity index is 0.000000192. The van der Waals surface area contributed by atoms with Crippen LogP contribution >= 0.6 is 0 Å². The van der Waals surface area contributed by atoms with Crippen LogP contribution < -0.4 is 4.74 Å². The van der Waals surface area contributed by atoms with Gasteiger partial charge in [0.05, 0.1) is 18.1 Å². The molecule has 7 aromatic carbocycles. The Labute approximate surface area is 473 Å². The zero-order valence-electron chi connectivity index (χ0n) is 47.8. The molecule has 7 aromatic rings. The predicted octanol–water partition coefficient (Wildman–Crippen LogP) is 13.8. The van der Waals surface area contributed by atoms with Crippen molar-refractivity contribution in [2.24, 2.45) is 11.8 Å². The summed E-state index contributed by atoms with van der Waals surface area (Å²) in [4.78, 5) is 5.04. The Morgan fingerprint density at radius 3 is 1.15 bits per heavy atom. The van der Waals surface area contributed by atoms with E-state index in [2.05, 4.69) is 99.9 Å². The van der Waals surface area contributed by atoms with E-state index in [0.29, 0.717) is 12.2 Å². The molecule has 2 fully saturated rings. The third-order valence-corrected chi connectivity index (χ3v) is 17.0. The highest BCUT2D eigenvalue weighted by Crippen LogP contribution is 2.43. The third kappa shape index (κ3) is 16.7. The minimum atomic E-state index is -3.72. The Morgan fingerprint density at radius 2 is 0.797 bits per heavy atom. The molecule has 0 bridgehead atoms. The smallest absolute Gasteiger partial charge is 0.296 e. The van der Waals surface area contributed by atoms with Crippen molar-refractivity contribution in [1.82, 2.24) is 9.80 Å². The number of likely N-dealkylation sites (tertiary alicyclic amines) is 2. The van der Waals surface area contributed by atoms with Crippen LogP contribution in [0.4, 0.5) is 0 Å². The van der Waals surface area contributed by atoms with E-state index in [0.717, 1.165) is 112 Å². The van der Waals surface area contributed by atoms with Gasteiger partial charge in [-0.2, -0.15) is 8.42 Å². The average Bonchev–Trinajstić information content (AvgIpc) is 3.56. The van der Waals surface area contributed by atoms with Crippen LogP contribution in [0.5, 0.6) is 11.5 Å². The summed E-state index contributed by atoms with van der Waals surface area (Å²) in [6, 6.07) is 62.8. The molecule has 2 saturated heterocycles. The van der Waals surface area contributed by atoms with Crippen LogP contribution in [0, 0.1) is 18.8 Å². The highest BCUT2D eigenvalue weighted by atomic mass is 32.2. The lowest BCUT2D eigenvalue weighted by atomic mass is 9.72.